The standard InChI is InChI=1S/C15H22N2O2/c1-10-8-11(17-7-5-6-15(17,2)3)9-12(13(10)16)14(18)19-4/h8-9H,5-7,16H2,1-4H3. The van der Waals surface area contributed by atoms with E-state index in [9.17, 15) is 4.79 Å². The van der Waals surface area contributed by atoms with E-state index >= 15 is 0 Å². The lowest BCUT2D eigenvalue weighted by molar-refractivity contribution is 0.0602. The molecule has 19 heavy (non-hydrogen) atoms. The van der Waals surface area contributed by atoms with Crippen molar-refractivity contribution in [2.75, 3.05) is 24.3 Å². The molecule has 104 valence electrons. The number of methoxy groups -OCH3 is 1. The molecule has 1 heterocycles. The molecule has 1 aromatic carbocycles. The van der Waals surface area contributed by atoms with Gasteiger partial charge in [-0.25, -0.2) is 4.79 Å². The summed E-state index contributed by atoms with van der Waals surface area (Å²) in [6.45, 7) is 7.39. The van der Waals surface area contributed by atoms with Crippen LogP contribution < -0.4 is 10.6 Å². The van der Waals surface area contributed by atoms with E-state index in [-0.39, 0.29) is 11.5 Å². The van der Waals surface area contributed by atoms with E-state index in [4.69, 9.17) is 10.5 Å². The maximum Gasteiger partial charge on any atom is 0.340 e. The quantitative estimate of drug-likeness (QED) is 0.657. The van der Waals surface area contributed by atoms with E-state index < -0.39 is 0 Å². The normalized spacial score (nSPS) is 17.6. The van der Waals surface area contributed by atoms with Gasteiger partial charge in [0.2, 0.25) is 0 Å². The summed E-state index contributed by atoms with van der Waals surface area (Å²) in [6.07, 6.45) is 2.33. The van der Waals surface area contributed by atoms with Crippen LogP contribution >= 0.6 is 0 Å². The van der Waals surface area contributed by atoms with E-state index in [1.54, 1.807) is 0 Å². The van der Waals surface area contributed by atoms with Crippen molar-refractivity contribution in [2.45, 2.75) is 39.2 Å². The molecule has 4 nitrogen and oxygen atoms in total. The molecule has 0 atom stereocenters. The number of carbonyl (C=O) groups is 1. The van der Waals surface area contributed by atoms with Crippen LogP contribution in [0.3, 0.4) is 0 Å². The molecule has 0 bridgehead atoms. The first-order chi connectivity index (χ1) is 8.86. The van der Waals surface area contributed by atoms with E-state index in [2.05, 4.69) is 24.8 Å². The Kier molecular flexibility index (Phi) is 3.43. The molecule has 1 aliphatic rings. The van der Waals surface area contributed by atoms with Gasteiger partial charge in [0.25, 0.3) is 0 Å². The van der Waals surface area contributed by atoms with Gasteiger partial charge in [0.15, 0.2) is 0 Å². The van der Waals surface area contributed by atoms with Gasteiger partial charge in [0, 0.05) is 23.5 Å². The highest BCUT2D eigenvalue weighted by Crippen LogP contribution is 2.36. The number of benzene rings is 1. The number of anilines is 2. The number of ether oxygens (including phenoxy) is 1. The molecule has 1 fully saturated rings. The number of carbonyl (C=O) groups excluding carboxylic acids is 1. The molecular formula is C15H22N2O2. The van der Waals surface area contributed by atoms with Crippen LogP contribution in [-0.2, 0) is 4.74 Å². The first-order valence-electron chi connectivity index (χ1n) is 6.63. The number of rotatable bonds is 2. The minimum atomic E-state index is -0.376. The smallest absolute Gasteiger partial charge is 0.340 e. The molecule has 4 heteroatoms. The molecule has 0 amide bonds. The first-order valence-corrected chi connectivity index (χ1v) is 6.63. The highest BCUT2D eigenvalue weighted by atomic mass is 16.5. The van der Waals surface area contributed by atoms with Gasteiger partial charge in [-0.3, -0.25) is 0 Å². The Labute approximate surface area is 114 Å². The highest BCUT2D eigenvalue weighted by Gasteiger charge is 2.32. The lowest BCUT2D eigenvalue weighted by Gasteiger charge is -2.34. The van der Waals surface area contributed by atoms with Crippen molar-refractivity contribution in [3.05, 3.63) is 23.3 Å². The monoisotopic (exact) mass is 262 g/mol. The van der Waals surface area contributed by atoms with Crippen molar-refractivity contribution in [1.29, 1.82) is 0 Å². The SMILES string of the molecule is COC(=O)c1cc(N2CCCC2(C)C)cc(C)c1N. The van der Waals surface area contributed by atoms with Crippen LogP contribution in [0.15, 0.2) is 12.1 Å². The zero-order chi connectivity index (χ0) is 14.2. The van der Waals surface area contributed by atoms with Gasteiger partial charge in [-0.05, 0) is 51.3 Å². The summed E-state index contributed by atoms with van der Waals surface area (Å²) in [4.78, 5) is 14.1. The van der Waals surface area contributed by atoms with Crippen molar-refractivity contribution in [1.82, 2.24) is 0 Å². The van der Waals surface area contributed by atoms with Crippen molar-refractivity contribution < 1.29 is 9.53 Å². The summed E-state index contributed by atoms with van der Waals surface area (Å²) in [5.74, 6) is -0.376. The fraction of sp³-hybridized carbons (Fsp3) is 0.533. The Morgan fingerprint density at radius 1 is 1.42 bits per heavy atom. The Hall–Kier alpha value is -1.71. The third-order valence-electron chi connectivity index (χ3n) is 3.99. The second-order valence-electron chi connectivity index (χ2n) is 5.78. The van der Waals surface area contributed by atoms with Gasteiger partial charge >= 0.3 is 5.97 Å². The number of hydrogen-bond donors (Lipinski definition) is 1. The second kappa shape index (κ2) is 4.76. The molecular weight excluding hydrogens is 240 g/mol. The second-order valence-corrected chi connectivity index (χ2v) is 5.78. The maximum absolute atomic E-state index is 11.8. The van der Waals surface area contributed by atoms with Crippen LogP contribution in [0.2, 0.25) is 0 Å². The predicted molar refractivity (Wildman–Crippen MR) is 77.6 cm³/mol. The van der Waals surface area contributed by atoms with Crippen LogP contribution in [0, 0.1) is 6.92 Å². The molecule has 0 unspecified atom stereocenters. The molecule has 2 N–H and O–H groups in total. The number of hydrogen-bond acceptors (Lipinski definition) is 4. The Balaban J connectivity index is 2.48. The number of nitrogen functional groups attached to an aromatic ring is 1. The maximum atomic E-state index is 11.8. The third-order valence-corrected chi connectivity index (χ3v) is 3.99. The van der Waals surface area contributed by atoms with E-state index in [1.807, 2.05) is 13.0 Å². The Bertz CT molecular complexity index is 509. The van der Waals surface area contributed by atoms with Gasteiger partial charge < -0.3 is 15.4 Å². The average Bonchev–Trinajstić information content (AvgIpc) is 2.71. The van der Waals surface area contributed by atoms with Gasteiger partial charge in [0.1, 0.15) is 0 Å². The molecule has 1 aliphatic heterocycles. The summed E-state index contributed by atoms with van der Waals surface area (Å²) in [5, 5.41) is 0. The van der Waals surface area contributed by atoms with Crippen LogP contribution in [0.1, 0.15) is 42.6 Å². The first kappa shape index (κ1) is 13.7. The van der Waals surface area contributed by atoms with Crippen molar-refractivity contribution in [3.8, 4) is 0 Å². The zero-order valence-corrected chi connectivity index (χ0v) is 12.1. The molecule has 2 rings (SSSR count). The zero-order valence-electron chi connectivity index (χ0n) is 12.1. The van der Waals surface area contributed by atoms with Gasteiger partial charge in [-0.2, -0.15) is 0 Å². The molecule has 1 aromatic rings. The molecule has 0 aliphatic carbocycles. The Morgan fingerprint density at radius 2 is 2.11 bits per heavy atom. The third kappa shape index (κ3) is 2.39. The van der Waals surface area contributed by atoms with Crippen molar-refractivity contribution >= 4 is 17.3 Å². The largest absolute Gasteiger partial charge is 0.465 e. The lowest BCUT2D eigenvalue weighted by atomic mass is 10.00. The summed E-state index contributed by atoms with van der Waals surface area (Å²) in [7, 11) is 1.38. The fourth-order valence-corrected chi connectivity index (χ4v) is 2.80. The average molecular weight is 262 g/mol. The molecule has 0 aromatic heterocycles. The number of aryl methyl sites for hydroxylation is 1. The van der Waals surface area contributed by atoms with Crippen LogP contribution in [0.5, 0.6) is 0 Å². The van der Waals surface area contributed by atoms with E-state index in [1.165, 1.54) is 13.5 Å². The number of nitrogens with two attached hydrogens (primary N) is 1. The molecule has 0 radical (unpaired) electrons. The molecule has 0 spiro atoms. The van der Waals surface area contributed by atoms with Gasteiger partial charge in [0.05, 0.1) is 12.7 Å². The van der Waals surface area contributed by atoms with Crippen LogP contribution in [0.4, 0.5) is 11.4 Å². The summed E-state index contributed by atoms with van der Waals surface area (Å²) < 4.78 is 4.80. The molecule has 1 saturated heterocycles. The lowest BCUT2D eigenvalue weighted by Crippen LogP contribution is -2.38. The van der Waals surface area contributed by atoms with Crippen LogP contribution in [-0.4, -0.2) is 25.2 Å². The predicted octanol–water partition coefficient (Wildman–Crippen LogP) is 2.74. The van der Waals surface area contributed by atoms with Crippen LogP contribution in [0.25, 0.3) is 0 Å². The number of esters is 1. The van der Waals surface area contributed by atoms with Gasteiger partial charge in [-0.15, -0.1) is 0 Å². The minimum absolute atomic E-state index is 0.121. The summed E-state index contributed by atoms with van der Waals surface area (Å²) >= 11 is 0. The Morgan fingerprint density at radius 3 is 2.63 bits per heavy atom. The van der Waals surface area contributed by atoms with E-state index in [0.717, 1.165) is 24.2 Å². The van der Waals surface area contributed by atoms with Crippen molar-refractivity contribution in [2.24, 2.45) is 0 Å². The summed E-state index contributed by atoms with van der Waals surface area (Å²) in [5.41, 5.74) is 9.03. The van der Waals surface area contributed by atoms with Crippen molar-refractivity contribution in [3.63, 3.8) is 0 Å². The number of nitrogens with zero attached hydrogens (tertiary/aromatic N) is 1. The minimum Gasteiger partial charge on any atom is -0.465 e. The fourth-order valence-electron chi connectivity index (χ4n) is 2.80. The topological polar surface area (TPSA) is 55.6 Å². The van der Waals surface area contributed by atoms with Gasteiger partial charge in [-0.1, -0.05) is 0 Å². The van der Waals surface area contributed by atoms with E-state index in [0.29, 0.717) is 11.3 Å². The summed E-state index contributed by atoms with van der Waals surface area (Å²) in [6, 6.07) is 3.90. The molecule has 0 saturated carbocycles. The highest BCUT2D eigenvalue weighted by molar-refractivity contribution is 5.97.